The van der Waals surface area contributed by atoms with Crippen LogP contribution >= 0.6 is 0 Å². The van der Waals surface area contributed by atoms with Crippen LogP contribution in [0.4, 0.5) is 13.2 Å². The molecule has 0 fully saturated rings. The van der Waals surface area contributed by atoms with Crippen LogP contribution in [0.15, 0.2) is 71.5 Å². The van der Waals surface area contributed by atoms with E-state index in [9.17, 15) is 18.0 Å². The van der Waals surface area contributed by atoms with Gasteiger partial charge in [-0.2, -0.15) is 4.68 Å². The number of rotatable bonds is 6. The van der Waals surface area contributed by atoms with Crippen molar-refractivity contribution in [3.05, 3.63) is 88.3 Å². The van der Waals surface area contributed by atoms with E-state index in [0.717, 1.165) is 21.4 Å². The van der Waals surface area contributed by atoms with Crippen molar-refractivity contribution in [2.75, 3.05) is 0 Å². The highest BCUT2D eigenvalue weighted by atomic mass is 19.4. The average molecular weight is 442 g/mol. The fourth-order valence-corrected chi connectivity index (χ4v) is 3.20. The highest BCUT2D eigenvalue weighted by Gasteiger charge is 2.30. The number of H-pyrrole nitrogens is 1. The molecule has 7 nitrogen and oxygen atoms in total. The number of hydrogen-bond donors (Lipinski definition) is 1. The van der Waals surface area contributed by atoms with Gasteiger partial charge in [0.1, 0.15) is 18.1 Å². The van der Waals surface area contributed by atoms with Crippen molar-refractivity contribution in [3.8, 4) is 28.3 Å². The van der Waals surface area contributed by atoms with E-state index in [1.807, 2.05) is 25.1 Å². The number of nitrogens with zero attached hydrogens (tertiary/aromatic N) is 3. The number of ether oxygens (including phenoxy) is 2. The summed E-state index contributed by atoms with van der Waals surface area (Å²) < 4.78 is 48.1. The number of halogens is 3. The normalized spacial score (nSPS) is 11.4. The van der Waals surface area contributed by atoms with E-state index in [1.165, 1.54) is 24.3 Å². The maximum atomic E-state index is 12.3. The number of tetrazole rings is 1. The molecule has 3 aromatic carbocycles. The van der Waals surface area contributed by atoms with E-state index in [0.29, 0.717) is 17.0 Å². The maximum absolute atomic E-state index is 12.3. The summed E-state index contributed by atoms with van der Waals surface area (Å²) in [6.07, 6.45) is -4.74. The van der Waals surface area contributed by atoms with Crippen molar-refractivity contribution < 1.29 is 22.6 Å². The third kappa shape index (κ3) is 4.80. The van der Waals surface area contributed by atoms with Gasteiger partial charge in [0, 0.05) is 5.56 Å². The van der Waals surface area contributed by atoms with Crippen molar-refractivity contribution in [1.82, 2.24) is 20.2 Å². The first-order valence-corrected chi connectivity index (χ1v) is 9.48. The topological polar surface area (TPSA) is 82.0 Å². The predicted octanol–water partition coefficient (Wildman–Crippen LogP) is 4.41. The lowest BCUT2D eigenvalue weighted by molar-refractivity contribution is -0.274. The molecule has 0 aliphatic heterocycles. The lowest BCUT2D eigenvalue weighted by Gasteiger charge is -2.14. The van der Waals surface area contributed by atoms with Crippen LogP contribution in [0.25, 0.3) is 16.8 Å². The Morgan fingerprint density at radius 1 is 0.969 bits per heavy atom. The minimum Gasteiger partial charge on any atom is -0.489 e. The molecule has 0 saturated heterocycles. The van der Waals surface area contributed by atoms with Crippen LogP contribution in [0.1, 0.15) is 11.1 Å². The van der Waals surface area contributed by atoms with Crippen LogP contribution in [0.3, 0.4) is 0 Å². The number of nitrogens with one attached hydrogen (secondary N) is 1. The number of aromatic amines is 1. The standard InChI is InChI=1S/C22H17F3N4O3/c1-14-4-2-7-20(29-21(30)26-27-28-29)19(14)13-31-18-6-3-5-16(12-18)15-8-10-17(11-9-15)32-22(23,24)25/h2-12H,13H2,1H3,(H,26,28,30). The second-order valence-corrected chi connectivity index (χ2v) is 6.88. The first-order valence-electron chi connectivity index (χ1n) is 9.48. The molecule has 164 valence electrons. The highest BCUT2D eigenvalue weighted by Crippen LogP contribution is 2.29. The molecule has 0 atom stereocenters. The Hall–Kier alpha value is -4.08. The monoisotopic (exact) mass is 442 g/mol. The van der Waals surface area contributed by atoms with E-state index >= 15 is 0 Å². The molecule has 0 unspecified atom stereocenters. The molecule has 1 aromatic heterocycles. The van der Waals surface area contributed by atoms with Gasteiger partial charge >= 0.3 is 12.1 Å². The zero-order valence-electron chi connectivity index (χ0n) is 16.8. The SMILES string of the molecule is Cc1cccc(-n2nn[nH]c2=O)c1COc1cccc(-c2ccc(OC(F)(F)F)cc2)c1. The summed E-state index contributed by atoms with van der Waals surface area (Å²) >= 11 is 0. The Morgan fingerprint density at radius 3 is 2.41 bits per heavy atom. The minimum absolute atomic E-state index is 0.170. The van der Waals surface area contributed by atoms with Gasteiger partial charge in [0.15, 0.2) is 0 Å². The van der Waals surface area contributed by atoms with Crippen LogP contribution in [0.2, 0.25) is 0 Å². The highest BCUT2D eigenvalue weighted by molar-refractivity contribution is 5.65. The molecule has 0 aliphatic carbocycles. The van der Waals surface area contributed by atoms with Crippen LogP contribution in [0.5, 0.6) is 11.5 Å². The molecule has 0 aliphatic rings. The Morgan fingerprint density at radius 2 is 1.72 bits per heavy atom. The van der Waals surface area contributed by atoms with E-state index in [2.05, 4.69) is 20.3 Å². The number of hydrogen-bond acceptors (Lipinski definition) is 5. The molecule has 0 spiro atoms. The molecule has 10 heteroatoms. The largest absolute Gasteiger partial charge is 0.573 e. The third-order valence-corrected chi connectivity index (χ3v) is 4.72. The number of benzene rings is 3. The van der Waals surface area contributed by atoms with Crippen LogP contribution in [-0.4, -0.2) is 26.6 Å². The lowest BCUT2D eigenvalue weighted by Crippen LogP contribution is -2.18. The molecule has 0 saturated carbocycles. The molecule has 1 heterocycles. The summed E-state index contributed by atoms with van der Waals surface area (Å²) in [7, 11) is 0. The first-order chi connectivity index (χ1) is 15.3. The Kier molecular flexibility index (Phi) is 5.67. The van der Waals surface area contributed by atoms with Crippen LogP contribution < -0.4 is 15.2 Å². The summed E-state index contributed by atoms with van der Waals surface area (Å²) in [5, 5.41) is 9.57. The number of alkyl halides is 3. The fraction of sp³-hybridized carbons (Fsp3) is 0.136. The van der Waals surface area contributed by atoms with E-state index in [-0.39, 0.29) is 12.4 Å². The van der Waals surface area contributed by atoms with Gasteiger partial charge in [0.05, 0.1) is 5.69 Å². The van der Waals surface area contributed by atoms with Gasteiger partial charge in [-0.05, 0) is 64.4 Å². The van der Waals surface area contributed by atoms with E-state index < -0.39 is 12.1 Å². The predicted molar refractivity (Wildman–Crippen MR) is 110 cm³/mol. The fourth-order valence-electron chi connectivity index (χ4n) is 3.20. The third-order valence-electron chi connectivity index (χ3n) is 4.72. The molecular formula is C22H17F3N4O3. The zero-order chi connectivity index (χ0) is 22.7. The van der Waals surface area contributed by atoms with Crippen LogP contribution in [0, 0.1) is 6.92 Å². The quantitative estimate of drug-likeness (QED) is 0.478. The summed E-state index contributed by atoms with van der Waals surface area (Å²) in [6, 6.07) is 18.2. The summed E-state index contributed by atoms with van der Waals surface area (Å²) in [6.45, 7) is 2.07. The molecule has 1 N–H and O–H groups in total. The van der Waals surface area contributed by atoms with Crippen molar-refractivity contribution in [3.63, 3.8) is 0 Å². The average Bonchev–Trinajstić information content (AvgIpc) is 3.18. The van der Waals surface area contributed by atoms with Crippen molar-refractivity contribution in [1.29, 1.82) is 0 Å². The van der Waals surface area contributed by atoms with Gasteiger partial charge in [-0.3, -0.25) is 0 Å². The van der Waals surface area contributed by atoms with Crippen molar-refractivity contribution in [2.24, 2.45) is 0 Å². The van der Waals surface area contributed by atoms with Crippen LogP contribution in [-0.2, 0) is 6.61 Å². The van der Waals surface area contributed by atoms with Gasteiger partial charge < -0.3 is 9.47 Å². The summed E-state index contributed by atoms with van der Waals surface area (Å²) in [4.78, 5) is 11.9. The molecule has 0 radical (unpaired) electrons. The number of aromatic nitrogens is 4. The second-order valence-electron chi connectivity index (χ2n) is 6.88. The maximum Gasteiger partial charge on any atom is 0.573 e. The second kappa shape index (κ2) is 8.58. The van der Waals surface area contributed by atoms with Gasteiger partial charge in [0.25, 0.3) is 0 Å². The summed E-state index contributed by atoms with van der Waals surface area (Å²) in [5.41, 5.74) is 3.24. The Balaban J connectivity index is 1.54. The summed E-state index contributed by atoms with van der Waals surface area (Å²) in [5.74, 6) is 0.267. The molecule has 4 rings (SSSR count). The number of aryl methyl sites for hydroxylation is 1. The first kappa shape index (κ1) is 21.2. The molecule has 0 amide bonds. The molecular weight excluding hydrogens is 425 g/mol. The van der Waals surface area contributed by atoms with Gasteiger partial charge in [-0.1, -0.05) is 36.4 Å². The molecule has 32 heavy (non-hydrogen) atoms. The minimum atomic E-state index is -4.74. The smallest absolute Gasteiger partial charge is 0.489 e. The molecule has 0 bridgehead atoms. The van der Waals surface area contributed by atoms with Gasteiger partial charge in [-0.25, -0.2) is 9.89 Å². The lowest BCUT2D eigenvalue weighted by atomic mass is 10.1. The Bertz CT molecular complexity index is 1280. The van der Waals surface area contributed by atoms with Crippen molar-refractivity contribution >= 4 is 0 Å². The van der Waals surface area contributed by atoms with Crippen molar-refractivity contribution in [2.45, 2.75) is 19.9 Å². The zero-order valence-corrected chi connectivity index (χ0v) is 16.8. The van der Waals surface area contributed by atoms with Gasteiger partial charge in [0.2, 0.25) is 0 Å². The Labute approximate surface area is 180 Å². The van der Waals surface area contributed by atoms with E-state index in [4.69, 9.17) is 4.74 Å². The van der Waals surface area contributed by atoms with Gasteiger partial charge in [-0.15, -0.1) is 13.2 Å². The van der Waals surface area contributed by atoms with E-state index in [1.54, 1.807) is 24.3 Å². The molecule has 4 aromatic rings.